The van der Waals surface area contributed by atoms with Gasteiger partial charge in [0, 0.05) is 12.1 Å². The number of nitrogen functional groups attached to an aromatic ring is 1. The summed E-state index contributed by atoms with van der Waals surface area (Å²) in [7, 11) is 0. The van der Waals surface area contributed by atoms with E-state index < -0.39 is 5.25 Å². The van der Waals surface area contributed by atoms with Gasteiger partial charge in [-0.05, 0) is 55.7 Å². The normalized spacial score (nSPS) is 12.0. The number of halogens is 1. The van der Waals surface area contributed by atoms with Gasteiger partial charge in [0.1, 0.15) is 5.82 Å². The van der Waals surface area contributed by atoms with Crippen molar-refractivity contribution in [2.75, 3.05) is 11.2 Å². The maximum atomic E-state index is 13.0. The maximum absolute atomic E-state index is 13.0. The molecule has 6 nitrogen and oxygen atoms in total. The van der Waals surface area contributed by atoms with Gasteiger partial charge in [0.25, 0.3) is 0 Å². The van der Waals surface area contributed by atoms with Crippen LogP contribution in [0.3, 0.4) is 0 Å². The Morgan fingerprint density at radius 1 is 1.21 bits per heavy atom. The molecule has 0 saturated carbocycles. The summed E-state index contributed by atoms with van der Waals surface area (Å²) in [6.07, 6.45) is 0.424. The zero-order valence-corrected chi connectivity index (χ0v) is 16.8. The second-order valence-electron chi connectivity index (χ2n) is 6.64. The lowest BCUT2D eigenvalue weighted by atomic mass is 10.1. The molecule has 3 aromatic rings. The number of amides is 1. The predicted molar refractivity (Wildman–Crippen MR) is 109 cm³/mol. The van der Waals surface area contributed by atoms with Crippen LogP contribution in [0.4, 0.5) is 10.1 Å². The third kappa shape index (κ3) is 4.69. The Balaban J connectivity index is 1.66. The van der Waals surface area contributed by atoms with Crippen molar-refractivity contribution in [3.05, 3.63) is 70.8 Å². The highest BCUT2D eigenvalue weighted by atomic mass is 32.2. The van der Waals surface area contributed by atoms with Gasteiger partial charge >= 0.3 is 0 Å². The molecule has 0 unspecified atom stereocenters. The number of hydrogen-bond acceptors (Lipinski definition) is 5. The van der Waals surface area contributed by atoms with E-state index in [0.29, 0.717) is 17.4 Å². The Morgan fingerprint density at radius 2 is 1.93 bits per heavy atom. The number of nitrogens with zero attached hydrogens (tertiary/aromatic N) is 3. The van der Waals surface area contributed by atoms with Crippen LogP contribution in [0.5, 0.6) is 0 Å². The Morgan fingerprint density at radius 3 is 2.64 bits per heavy atom. The number of anilines is 1. The van der Waals surface area contributed by atoms with Gasteiger partial charge in [-0.25, -0.2) is 9.07 Å². The maximum Gasteiger partial charge on any atom is 0.237 e. The summed E-state index contributed by atoms with van der Waals surface area (Å²) in [5, 5.41) is 11.2. The van der Waals surface area contributed by atoms with Crippen LogP contribution in [-0.2, 0) is 11.2 Å². The van der Waals surface area contributed by atoms with Gasteiger partial charge in [0.05, 0.1) is 5.25 Å². The standard InChI is InChI=1S/C20H22FN5OS/c1-12-4-5-13(2)17(10-12)23-19(27)14(3)28-20-25-24-18(26(20)22)11-15-6-8-16(21)9-7-15/h4-10,14H,11,22H2,1-3H3,(H,23,27)/t14-/m0/s1. The molecule has 1 atom stereocenters. The minimum absolute atomic E-state index is 0.137. The Bertz CT molecular complexity index is 987. The number of rotatable bonds is 6. The van der Waals surface area contributed by atoms with E-state index in [-0.39, 0.29) is 11.7 Å². The molecule has 0 aliphatic heterocycles. The van der Waals surface area contributed by atoms with E-state index in [1.54, 1.807) is 19.1 Å². The molecule has 0 aliphatic rings. The van der Waals surface area contributed by atoms with E-state index in [0.717, 1.165) is 22.4 Å². The van der Waals surface area contributed by atoms with Crippen molar-refractivity contribution in [3.8, 4) is 0 Å². The molecule has 146 valence electrons. The number of hydrogen-bond donors (Lipinski definition) is 2. The summed E-state index contributed by atoms with van der Waals surface area (Å²) in [4.78, 5) is 12.6. The Hall–Kier alpha value is -2.87. The second kappa shape index (κ2) is 8.43. The lowest BCUT2D eigenvalue weighted by Crippen LogP contribution is -2.24. The number of aryl methyl sites for hydroxylation is 2. The van der Waals surface area contributed by atoms with Crippen molar-refractivity contribution in [2.45, 2.75) is 37.6 Å². The van der Waals surface area contributed by atoms with Crippen molar-refractivity contribution in [2.24, 2.45) is 0 Å². The minimum Gasteiger partial charge on any atom is -0.336 e. The highest BCUT2D eigenvalue weighted by Gasteiger charge is 2.20. The zero-order valence-electron chi connectivity index (χ0n) is 15.9. The molecule has 28 heavy (non-hydrogen) atoms. The quantitative estimate of drug-likeness (QED) is 0.490. The molecule has 0 radical (unpaired) electrons. The van der Waals surface area contributed by atoms with Crippen molar-refractivity contribution in [1.29, 1.82) is 0 Å². The first-order valence-corrected chi connectivity index (χ1v) is 9.70. The Labute approximate surface area is 167 Å². The van der Waals surface area contributed by atoms with Gasteiger partial charge in [-0.3, -0.25) is 4.79 Å². The number of thioether (sulfide) groups is 1. The molecule has 0 bridgehead atoms. The molecule has 0 spiro atoms. The third-order valence-corrected chi connectivity index (χ3v) is 5.37. The van der Waals surface area contributed by atoms with Gasteiger partial charge in [0.15, 0.2) is 5.82 Å². The summed E-state index contributed by atoms with van der Waals surface area (Å²) in [5.74, 6) is 6.20. The first-order valence-electron chi connectivity index (χ1n) is 8.82. The monoisotopic (exact) mass is 399 g/mol. The van der Waals surface area contributed by atoms with E-state index in [4.69, 9.17) is 5.84 Å². The Kier molecular flexibility index (Phi) is 5.99. The van der Waals surface area contributed by atoms with Gasteiger partial charge in [-0.2, -0.15) is 0 Å². The lowest BCUT2D eigenvalue weighted by molar-refractivity contribution is -0.115. The van der Waals surface area contributed by atoms with Crippen LogP contribution < -0.4 is 11.2 Å². The lowest BCUT2D eigenvalue weighted by Gasteiger charge is -2.13. The number of benzene rings is 2. The summed E-state index contributed by atoms with van der Waals surface area (Å²) in [5.41, 5.74) is 3.74. The summed E-state index contributed by atoms with van der Waals surface area (Å²) in [6, 6.07) is 12.1. The number of nitrogens with two attached hydrogens (primary N) is 1. The minimum atomic E-state index is -0.412. The van der Waals surface area contributed by atoms with E-state index in [1.165, 1.54) is 28.6 Å². The molecule has 8 heteroatoms. The highest BCUT2D eigenvalue weighted by molar-refractivity contribution is 8.00. The van der Waals surface area contributed by atoms with Gasteiger partial charge in [-0.15, -0.1) is 10.2 Å². The number of nitrogens with one attached hydrogen (secondary N) is 1. The molecule has 1 aromatic heterocycles. The number of aromatic nitrogens is 3. The fourth-order valence-corrected chi connectivity index (χ4v) is 3.40. The average Bonchev–Trinajstić information content (AvgIpc) is 3.00. The number of carbonyl (C=O) groups is 1. The molecular formula is C20H22FN5OS. The largest absolute Gasteiger partial charge is 0.336 e. The first kappa shape index (κ1) is 19.9. The van der Waals surface area contributed by atoms with E-state index >= 15 is 0 Å². The average molecular weight is 399 g/mol. The molecule has 0 saturated heterocycles. The molecule has 1 heterocycles. The van der Waals surface area contributed by atoms with Crippen LogP contribution in [0.25, 0.3) is 0 Å². The van der Waals surface area contributed by atoms with Crippen LogP contribution in [0.2, 0.25) is 0 Å². The smallest absolute Gasteiger partial charge is 0.237 e. The topological polar surface area (TPSA) is 85.8 Å². The van der Waals surface area contributed by atoms with Crippen molar-refractivity contribution in [1.82, 2.24) is 14.9 Å². The van der Waals surface area contributed by atoms with E-state index in [9.17, 15) is 9.18 Å². The molecule has 3 rings (SSSR count). The van der Waals surface area contributed by atoms with E-state index in [2.05, 4.69) is 15.5 Å². The fourth-order valence-electron chi connectivity index (χ4n) is 2.61. The van der Waals surface area contributed by atoms with Crippen molar-refractivity contribution < 1.29 is 9.18 Å². The van der Waals surface area contributed by atoms with Gasteiger partial charge < -0.3 is 11.2 Å². The molecule has 0 fully saturated rings. The van der Waals surface area contributed by atoms with Crippen LogP contribution >= 0.6 is 11.8 Å². The summed E-state index contributed by atoms with van der Waals surface area (Å²) in [6.45, 7) is 5.72. The van der Waals surface area contributed by atoms with Gasteiger partial charge in [-0.1, -0.05) is 36.0 Å². The van der Waals surface area contributed by atoms with Crippen molar-refractivity contribution in [3.63, 3.8) is 0 Å². The van der Waals surface area contributed by atoms with Gasteiger partial charge in [0.2, 0.25) is 11.1 Å². The zero-order chi connectivity index (χ0) is 20.3. The second-order valence-corrected chi connectivity index (χ2v) is 7.95. The molecule has 2 aromatic carbocycles. The van der Waals surface area contributed by atoms with Crippen LogP contribution in [0.1, 0.15) is 29.4 Å². The van der Waals surface area contributed by atoms with Crippen LogP contribution in [-0.4, -0.2) is 26.0 Å². The summed E-state index contributed by atoms with van der Waals surface area (Å²) < 4.78 is 14.4. The third-order valence-electron chi connectivity index (χ3n) is 4.31. The number of carbonyl (C=O) groups excluding carboxylic acids is 1. The fraction of sp³-hybridized carbons (Fsp3) is 0.250. The molecule has 0 aliphatic carbocycles. The van der Waals surface area contributed by atoms with Crippen LogP contribution in [0, 0.1) is 19.7 Å². The molecular weight excluding hydrogens is 377 g/mol. The summed E-state index contributed by atoms with van der Waals surface area (Å²) >= 11 is 1.23. The molecule has 1 amide bonds. The van der Waals surface area contributed by atoms with Crippen LogP contribution in [0.15, 0.2) is 47.6 Å². The predicted octanol–water partition coefficient (Wildman–Crippen LogP) is 3.46. The van der Waals surface area contributed by atoms with E-state index in [1.807, 2.05) is 32.0 Å². The first-order chi connectivity index (χ1) is 13.3. The SMILES string of the molecule is Cc1ccc(C)c(NC(=O)[C@H](C)Sc2nnc(Cc3ccc(F)cc3)n2N)c1. The van der Waals surface area contributed by atoms with Crippen molar-refractivity contribution >= 4 is 23.4 Å². The highest BCUT2D eigenvalue weighted by Crippen LogP contribution is 2.24. The molecule has 3 N–H and O–H groups in total.